The van der Waals surface area contributed by atoms with Crippen molar-refractivity contribution < 1.29 is 0 Å². The molecule has 1 aliphatic heterocycles. The maximum absolute atomic E-state index is 2.31. The molecule has 0 saturated carbocycles. The number of rotatable bonds is 0. The van der Waals surface area contributed by atoms with Crippen molar-refractivity contribution in [2.24, 2.45) is 0 Å². The van der Waals surface area contributed by atoms with Crippen LogP contribution in [-0.4, -0.2) is 6.71 Å². The van der Waals surface area contributed by atoms with Crippen molar-refractivity contribution in [3.63, 3.8) is 0 Å². The molecule has 0 aromatic carbocycles. The lowest BCUT2D eigenvalue weighted by Gasteiger charge is -2.31. The molecule has 1 saturated heterocycles. The van der Waals surface area contributed by atoms with Crippen LogP contribution in [0.15, 0.2) is 0 Å². The van der Waals surface area contributed by atoms with Crippen LogP contribution in [0.1, 0.15) is 6.42 Å². The Morgan fingerprint density at radius 3 is 1.80 bits per heavy atom. The summed E-state index contributed by atoms with van der Waals surface area (Å²) in [6.45, 7) is 3.37. The molecular formula is C4H9B-. The lowest BCUT2D eigenvalue weighted by atomic mass is 9.37. The SMILES string of the molecule is C[B-]1CCC1. The van der Waals surface area contributed by atoms with Crippen LogP contribution < -0.4 is 0 Å². The first-order chi connectivity index (χ1) is 2.39. The minimum atomic E-state index is 1.06. The van der Waals surface area contributed by atoms with Gasteiger partial charge in [-0.3, -0.25) is 0 Å². The van der Waals surface area contributed by atoms with E-state index in [1.807, 2.05) is 0 Å². The second kappa shape index (κ2) is 1.04. The third kappa shape index (κ3) is 0.471. The molecule has 0 spiro atoms. The molecule has 0 N–H and O–H groups in total. The summed E-state index contributed by atoms with van der Waals surface area (Å²) in [5.74, 6) is 0. The standard InChI is InChI=1S/C4H9B/c1-5-3-2-4-5/h2-4H2,1H3/q-1. The first-order valence-electron chi connectivity index (χ1n) is 2.39. The molecule has 0 unspecified atom stereocenters. The normalized spacial score (nSPS) is 25.8. The van der Waals surface area contributed by atoms with Crippen LogP contribution in [0.4, 0.5) is 0 Å². The second-order valence-corrected chi connectivity index (χ2v) is 2.04. The van der Waals surface area contributed by atoms with Crippen molar-refractivity contribution in [3.05, 3.63) is 0 Å². The molecule has 0 nitrogen and oxygen atoms in total. The molecule has 0 aliphatic carbocycles. The zero-order chi connectivity index (χ0) is 3.70. The maximum Gasteiger partial charge on any atom is -0.122 e. The molecule has 0 amide bonds. The maximum atomic E-state index is 2.31. The van der Waals surface area contributed by atoms with Gasteiger partial charge in [-0.2, -0.15) is 0 Å². The van der Waals surface area contributed by atoms with Gasteiger partial charge in [0.2, 0.25) is 0 Å². The van der Waals surface area contributed by atoms with Crippen LogP contribution in [0.25, 0.3) is 0 Å². The molecule has 1 rings (SSSR count). The van der Waals surface area contributed by atoms with Crippen molar-refractivity contribution in [3.8, 4) is 0 Å². The Labute approximate surface area is 33.7 Å². The van der Waals surface area contributed by atoms with Gasteiger partial charge in [0.15, 0.2) is 0 Å². The summed E-state index contributed by atoms with van der Waals surface area (Å²) in [6.07, 6.45) is 4.46. The van der Waals surface area contributed by atoms with Crippen LogP contribution in [-0.2, 0) is 0 Å². The molecule has 1 heterocycles. The van der Waals surface area contributed by atoms with Crippen LogP contribution in [0.3, 0.4) is 0 Å². The largest absolute Gasteiger partial charge is 0.220 e. The highest BCUT2D eigenvalue weighted by molar-refractivity contribution is 6.60. The van der Waals surface area contributed by atoms with E-state index in [9.17, 15) is 0 Å². The highest BCUT2D eigenvalue weighted by Crippen LogP contribution is 2.18. The monoisotopic (exact) mass is 68.1 g/mol. The predicted molar refractivity (Wildman–Crippen MR) is 25.8 cm³/mol. The highest BCUT2D eigenvalue weighted by atomic mass is 13.9. The fourth-order valence-corrected chi connectivity index (χ4v) is 0.612. The smallest absolute Gasteiger partial charge is 0.122 e. The summed E-state index contributed by atoms with van der Waals surface area (Å²) in [5.41, 5.74) is 0. The summed E-state index contributed by atoms with van der Waals surface area (Å²) in [6, 6.07) is 0. The fraction of sp³-hybridized carbons (Fsp3) is 1.00. The van der Waals surface area contributed by atoms with E-state index in [0.717, 1.165) is 6.71 Å². The number of hydrogen-bond acceptors (Lipinski definition) is 0. The van der Waals surface area contributed by atoms with Gasteiger partial charge >= 0.3 is 0 Å². The third-order valence-corrected chi connectivity index (χ3v) is 1.39. The molecule has 0 atom stereocenters. The molecule has 0 aromatic heterocycles. The minimum absolute atomic E-state index is 1.06. The van der Waals surface area contributed by atoms with E-state index in [1.54, 1.807) is 0 Å². The van der Waals surface area contributed by atoms with E-state index in [-0.39, 0.29) is 0 Å². The van der Waals surface area contributed by atoms with Crippen LogP contribution >= 0.6 is 0 Å². The predicted octanol–water partition coefficient (Wildman–Crippen LogP) is 1.51. The summed E-state index contributed by atoms with van der Waals surface area (Å²) in [7, 11) is 0. The zero-order valence-corrected chi connectivity index (χ0v) is 3.70. The van der Waals surface area contributed by atoms with E-state index in [0.29, 0.717) is 0 Å². The summed E-state index contributed by atoms with van der Waals surface area (Å²) >= 11 is 0. The summed E-state index contributed by atoms with van der Waals surface area (Å²) in [4.78, 5) is 0. The molecule has 1 radical (unpaired) electrons. The van der Waals surface area contributed by atoms with Gasteiger partial charge in [0.05, 0.1) is 0 Å². The van der Waals surface area contributed by atoms with Gasteiger partial charge < -0.3 is 0 Å². The Morgan fingerprint density at radius 1 is 1.40 bits per heavy atom. The van der Waals surface area contributed by atoms with E-state index in [2.05, 4.69) is 6.82 Å². The van der Waals surface area contributed by atoms with Crippen molar-refractivity contribution in [1.29, 1.82) is 0 Å². The minimum Gasteiger partial charge on any atom is -0.220 e. The van der Waals surface area contributed by atoms with Gasteiger partial charge in [0.25, 0.3) is 0 Å². The van der Waals surface area contributed by atoms with Crippen LogP contribution in [0, 0.1) is 0 Å². The highest BCUT2D eigenvalue weighted by Gasteiger charge is 1.97. The quantitative estimate of drug-likeness (QED) is 0.377. The van der Waals surface area contributed by atoms with Crippen LogP contribution in [0.5, 0.6) is 0 Å². The average Bonchev–Trinajstić information content (AvgIpc) is 1.30. The molecule has 5 heavy (non-hydrogen) atoms. The number of hydrogen-bond donors (Lipinski definition) is 0. The zero-order valence-electron chi connectivity index (χ0n) is 3.70. The van der Waals surface area contributed by atoms with Crippen molar-refractivity contribution in [1.82, 2.24) is 0 Å². The molecular weight excluding hydrogens is 58.9 g/mol. The van der Waals surface area contributed by atoms with E-state index >= 15 is 0 Å². The molecule has 1 aliphatic rings. The second-order valence-electron chi connectivity index (χ2n) is 2.04. The van der Waals surface area contributed by atoms with Gasteiger partial charge in [-0.05, 0) is 0 Å². The van der Waals surface area contributed by atoms with Crippen molar-refractivity contribution >= 4 is 6.71 Å². The van der Waals surface area contributed by atoms with E-state index < -0.39 is 0 Å². The Kier molecular flexibility index (Phi) is 0.677. The third-order valence-electron chi connectivity index (χ3n) is 1.39. The fourth-order valence-electron chi connectivity index (χ4n) is 0.612. The molecule has 29 valence electrons. The van der Waals surface area contributed by atoms with Gasteiger partial charge in [-0.1, -0.05) is 0 Å². The topological polar surface area (TPSA) is 0 Å². The Morgan fingerprint density at radius 2 is 1.80 bits per heavy atom. The molecule has 1 fully saturated rings. The lowest BCUT2D eigenvalue weighted by Crippen LogP contribution is -2.15. The van der Waals surface area contributed by atoms with Crippen molar-refractivity contribution in [2.75, 3.05) is 0 Å². The van der Waals surface area contributed by atoms with E-state index in [4.69, 9.17) is 0 Å². The average molecular weight is 67.9 g/mol. The molecule has 0 bridgehead atoms. The van der Waals surface area contributed by atoms with Crippen LogP contribution in [0.2, 0.25) is 19.5 Å². The molecule has 1 heteroatoms. The van der Waals surface area contributed by atoms with E-state index in [1.165, 1.54) is 19.1 Å². The molecule has 0 aromatic rings. The first kappa shape index (κ1) is 3.26. The Hall–Kier alpha value is 0.0649. The lowest BCUT2D eigenvalue weighted by molar-refractivity contribution is 0.942. The van der Waals surface area contributed by atoms with Crippen molar-refractivity contribution in [2.45, 2.75) is 25.9 Å². The summed E-state index contributed by atoms with van der Waals surface area (Å²) < 4.78 is 0. The van der Waals surface area contributed by atoms with Gasteiger partial charge in [0.1, 0.15) is 0 Å². The van der Waals surface area contributed by atoms with Gasteiger partial charge in [-0.15, -0.1) is 13.1 Å². The Bertz CT molecular complexity index is 30.6. The Balaban J connectivity index is 2.08. The first-order valence-corrected chi connectivity index (χ1v) is 2.39. The van der Waals surface area contributed by atoms with Gasteiger partial charge in [-0.25, -0.2) is 19.5 Å². The summed E-state index contributed by atoms with van der Waals surface area (Å²) in [5, 5.41) is 0. The van der Waals surface area contributed by atoms with Gasteiger partial charge in [0, 0.05) is 0 Å².